The molecule has 3 nitrogen and oxygen atoms in total. The highest BCUT2D eigenvalue weighted by Gasteiger charge is 2.45. The quantitative estimate of drug-likeness (QED) is 0.700. The van der Waals surface area contributed by atoms with E-state index in [2.05, 4.69) is 0 Å². The number of anilines is 1. The van der Waals surface area contributed by atoms with Gasteiger partial charge in [0.1, 0.15) is 0 Å². The lowest BCUT2D eigenvalue weighted by molar-refractivity contribution is -0.147. The summed E-state index contributed by atoms with van der Waals surface area (Å²) in [5, 5.41) is 9.18. The van der Waals surface area contributed by atoms with Gasteiger partial charge in [-0.15, -0.1) is 0 Å². The van der Waals surface area contributed by atoms with E-state index in [0.717, 1.165) is 24.8 Å². The molecule has 3 N–H and O–H groups in total. The molecule has 2 rings (SSSR count). The summed E-state index contributed by atoms with van der Waals surface area (Å²) < 4.78 is 0. The molecule has 0 heterocycles. The van der Waals surface area contributed by atoms with E-state index in [9.17, 15) is 9.90 Å². The van der Waals surface area contributed by atoms with Gasteiger partial charge in [-0.05, 0) is 30.5 Å². The van der Waals surface area contributed by atoms with Crippen LogP contribution in [0.5, 0.6) is 0 Å². The van der Waals surface area contributed by atoms with E-state index in [1.54, 1.807) is 12.1 Å². The van der Waals surface area contributed by atoms with E-state index < -0.39 is 11.4 Å². The molecule has 0 saturated heterocycles. The van der Waals surface area contributed by atoms with E-state index in [-0.39, 0.29) is 0 Å². The monoisotopic (exact) mass is 191 g/mol. The van der Waals surface area contributed by atoms with Gasteiger partial charge in [-0.3, -0.25) is 4.79 Å². The Hall–Kier alpha value is -1.51. The van der Waals surface area contributed by atoms with E-state index in [1.165, 1.54) is 0 Å². The molecule has 0 unspecified atom stereocenters. The number of nitrogens with two attached hydrogens (primary N) is 1. The number of rotatable bonds is 2. The van der Waals surface area contributed by atoms with E-state index in [0.29, 0.717) is 5.69 Å². The summed E-state index contributed by atoms with van der Waals surface area (Å²) in [7, 11) is 0. The van der Waals surface area contributed by atoms with Crippen LogP contribution in [0.4, 0.5) is 5.69 Å². The Balaban J connectivity index is 2.37. The largest absolute Gasteiger partial charge is 0.481 e. The van der Waals surface area contributed by atoms with Gasteiger partial charge in [0.25, 0.3) is 0 Å². The molecule has 3 heteroatoms. The van der Waals surface area contributed by atoms with Crippen molar-refractivity contribution in [1.29, 1.82) is 0 Å². The molecule has 1 aromatic rings. The fraction of sp³-hybridized carbons (Fsp3) is 0.364. The highest BCUT2D eigenvalue weighted by molar-refractivity contribution is 5.82. The molecule has 0 spiro atoms. The van der Waals surface area contributed by atoms with Crippen molar-refractivity contribution in [2.75, 3.05) is 5.73 Å². The minimum Gasteiger partial charge on any atom is -0.481 e. The molecule has 0 atom stereocenters. The Morgan fingerprint density at radius 1 is 1.29 bits per heavy atom. The third kappa shape index (κ3) is 1.16. The number of nitrogen functional groups attached to an aromatic ring is 1. The van der Waals surface area contributed by atoms with Crippen molar-refractivity contribution >= 4 is 11.7 Å². The number of benzene rings is 1. The summed E-state index contributed by atoms with van der Waals surface area (Å²) in [5.74, 6) is -0.714. The van der Waals surface area contributed by atoms with Gasteiger partial charge in [0.15, 0.2) is 0 Å². The molecule has 0 aromatic heterocycles. The van der Waals surface area contributed by atoms with Crippen molar-refractivity contribution in [3.05, 3.63) is 29.8 Å². The van der Waals surface area contributed by atoms with Crippen LogP contribution < -0.4 is 5.73 Å². The van der Waals surface area contributed by atoms with E-state index in [1.807, 2.05) is 12.1 Å². The van der Waals surface area contributed by atoms with Crippen molar-refractivity contribution in [1.82, 2.24) is 0 Å². The summed E-state index contributed by atoms with van der Waals surface area (Å²) in [4.78, 5) is 11.2. The fourth-order valence-electron chi connectivity index (χ4n) is 1.96. The van der Waals surface area contributed by atoms with Gasteiger partial charge in [0.05, 0.1) is 5.41 Å². The average molecular weight is 191 g/mol. The van der Waals surface area contributed by atoms with Crippen LogP contribution in [-0.4, -0.2) is 11.1 Å². The first-order valence-electron chi connectivity index (χ1n) is 4.74. The predicted molar refractivity (Wildman–Crippen MR) is 54.0 cm³/mol. The zero-order chi connectivity index (χ0) is 10.2. The zero-order valence-corrected chi connectivity index (χ0v) is 7.86. The third-order valence-electron chi connectivity index (χ3n) is 3.08. The van der Waals surface area contributed by atoms with Crippen LogP contribution in [-0.2, 0) is 10.2 Å². The molecule has 14 heavy (non-hydrogen) atoms. The van der Waals surface area contributed by atoms with E-state index >= 15 is 0 Å². The predicted octanol–water partition coefficient (Wildman–Crippen LogP) is 1.78. The Labute approximate surface area is 82.5 Å². The molecule has 1 aliphatic rings. The molecule has 0 radical (unpaired) electrons. The van der Waals surface area contributed by atoms with Crippen LogP contribution in [0.2, 0.25) is 0 Å². The van der Waals surface area contributed by atoms with E-state index in [4.69, 9.17) is 5.73 Å². The van der Waals surface area contributed by atoms with Crippen molar-refractivity contribution < 1.29 is 9.90 Å². The maximum atomic E-state index is 11.2. The Kier molecular flexibility index (Phi) is 1.95. The van der Waals surface area contributed by atoms with Gasteiger partial charge in [0.2, 0.25) is 0 Å². The smallest absolute Gasteiger partial charge is 0.314 e. The highest BCUT2D eigenvalue weighted by Crippen LogP contribution is 2.43. The first kappa shape index (κ1) is 9.06. The zero-order valence-electron chi connectivity index (χ0n) is 7.86. The lowest BCUT2D eigenvalue weighted by atomic mass is 9.64. The number of hydrogen-bond donors (Lipinski definition) is 2. The second-order valence-electron chi connectivity index (χ2n) is 3.86. The van der Waals surface area contributed by atoms with Crippen LogP contribution in [0, 0.1) is 0 Å². The summed E-state index contributed by atoms with van der Waals surface area (Å²) in [6.45, 7) is 0. The molecule has 1 aliphatic carbocycles. The van der Waals surface area contributed by atoms with Crippen LogP contribution in [0.15, 0.2) is 24.3 Å². The van der Waals surface area contributed by atoms with Crippen molar-refractivity contribution in [3.63, 3.8) is 0 Å². The Morgan fingerprint density at radius 2 is 1.86 bits per heavy atom. The molecule has 1 aromatic carbocycles. The fourth-order valence-corrected chi connectivity index (χ4v) is 1.96. The standard InChI is InChI=1S/C11H13NO2/c12-9-4-2-8(3-5-9)11(10(13)14)6-1-7-11/h2-5H,1,6-7,12H2,(H,13,14). The second kappa shape index (κ2) is 3.01. The number of carboxylic acid groups (broad SMARTS) is 1. The van der Waals surface area contributed by atoms with Gasteiger partial charge >= 0.3 is 5.97 Å². The lowest BCUT2D eigenvalue weighted by Crippen LogP contribution is -2.42. The molecule has 1 fully saturated rings. The summed E-state index contributed by atoms with van der Waals surface area (Å²) in [6, 6.07) is 7.17. The average Bonchev–Trinajstić information content (AvgIpc) is 2.05. The summed E-state index contributed by atoms with van der Waals surface area (Å²) in [6.07, 6.45) is 2.48. The molecule has 0 bridgehead atoms. The van der Waals surface area contributed by atoms with Gasteiger partial charge in [0, 0.05) is 5.69 Å². The maximum absolute atomic E-state index is 11.2. The molecule has 0 aliphatic heterocycles. The minimum absolute atomic E-state index is 0.631. The topological polar surface area (TPSA) is 63.3 Å². The maximum Gasteiger partial charge on any atom is 0.314 e. The molecule has 1 saturated carbocycles. The molecule has 0 amide bonds. The second-order valence-corrected chi connectivity index (χ2v) is 3.86. The Morgan fingerprint density at radius 3 is 2.21 bits per heavy atom. The SMILES string of the molecule is Nc1ccc(C2(C(=O)O)CCC2)cc1. The van der Waals surface area contributed by atoms with Crippen molar-refractivity contribution in [2.45, 2.75) is 24.7 Å². The third-order valence-corrected chi connectivity index (χ3v) is 3.08. The number of aliphatic carboxylic acids is 1. The number of carbonyl (C=O) groups is 1. The summed E-state index contributed by atoms with van der Waals surface area (Å²) >= 11 is 0. The summed E-state index contributed by atoms with van der Waals surface area (Å²) in [5.41, 5.74) is 6.48. The van der Waals surface area contributed by atoms with Crippen molar-refractivity contribution in [2.24, 2.45) is 0 Å². The van der Waals surface area contributed by atoms with Crippen LogP contribution in [0.1, 0.15) is 24.8 Å². The van der Waals surface area contributed by atoms with Gasteiger partial charge in [-0.1, -0.05) is 18.6 Å². The van der Waals surface area contributed by atoms with Gasteiger partial charge in [-0.25, -0.2) is 0 Å². The molecular formula is C11H13NO2. The van der Waals surface area contributed by atoms with Gasteiger partial charge < -0.3 is 10.8 Å². The molecule has 74 valence electrons. The number of hydrogen-bond acceptors (Lipinski definition) is 2. The van der Waals surface area contributed by atoms with Gasteiger partial charge in [-0.2, -0.15) is 0 Å². The molecular weight excluding hydrogens is 178 g/mol. The Bertz CT molecular complexity index is 352. The van der Waals surface area contributed by atoms with Crippen LogP contribution in [0.3, 0.4) is 0 Å². The lowest BCUT2D eigenvalue weighted by Gasteiger charge is -2.38. The first-order chi connectivity index (χ1) is 6.65. The number of carboxylic acids is 1. The minimum atomic E-state index is -0.714. The highest BCUT2D eigenvalue weighted by atomic mass is 16.4. The van der Waals surface area contributed by atoms with Crippen molar-refractivity contribution in [3.8, 4) is 0 Å². The van der Waals surface area contributed by atoms with Crippen LogP contribution >= 0.6 is 0 Å². The van der Waals surface area contributed by atoms with Crippen LogP contribution in [0.25, 0.3) is 0 Å². The normalized spacial score (nSPS) is 18.6. The first-order valence-corrected chi connectivity index (χ1v) is 4.74.